The van der Waals surface area contributed by atoms with E-state index in [1.54, 1.807) is 7.11 Å². The summed E-state index contributed by atoms with van der Waals surface area (Å²) < 4.78 is 12.5. The first-order valence-electron chi connectivity index (χ1n) is 9.95. The van der Waals surface area contributed by atoms with Crippen LogP contribution >= 0.6 is 0 Å². The van der Waals surface area contributed by atoms with Crippen molar-refractivity contribution in [2.24, 2.45) is 0 Å². The van der Waals surface area contributed by atoms with Crippen LogP contribution in [0.3, 0.4) is 0 Å². The van der Waals surface area contributed by atoms with Crippen LogP contribution in [0.15, 0.2) is 6.07 Å². The molecule has 0 atom stereocenters. The number of aryl methyl sites for hydroxylation is 1. The molecular formula is C21H32N2O5. The second-order valence-electron chi connectivity index (χ2n) is 7.61. The van der Waals surface area contributed by atoms with Crippen molar-refractivity contribution < 1.29 is 23.9 Å². The van der Waals surface area contributed by atoms with Gasteiger partial charge in [-0.15, -0.1) is 0 Å². The average molecular weight is 392 g/mol. The molecule has 1 aromatic heterocycles. The van der Waals surface area contributed by atoms with E-state index < -0.39 is 11.5 Å². The Hall–Kier alpha value is -2.15. The van der Waals surface area contributed by atoms with Gasteiger partial charge in [0.1, 0.15) is 5.54 Å². The molecule has 0 aliphatic heterocycles. The van der Waals surface area contributed by atoms with E-state index in [2.05, 4.69) is 9.88 Å². The number of Topliss-reactive ketones (excluding diaryl/α,β-unsaturated/α-hetero) is 1. The zero-order chi connectivity index (χ0) is 20.7. The maximum Gasteiger partial charge on any atom is 0.332 e. The molecule has 28 heavy (non-hydrogen) atoms. The van der Waals surface area contributed by atoms with E-state index in [-0.39, 0.29) is 18.3 Å². The number of nitrogens with zero attached hydrogens (tertiary/aromatic N) is 1. The van der Waals surface area contributed by atoms with Crippen molar-refractivity contribution in [2.75, 3.05) is 20.3 Å². The minimum Gasteiger partial charge on any atom is -0.456 e. The predicted molar refractivity (Wildman–Crippen MR) is 105 cm³/mol. The summed E-state index contributed by atoms with van der Waals surface area (Å²) in [5.74, 6) is -0.998. The van der Waals surface area contributed by atoms with Crippen LogP contribution in [0, 0.1) is 13.8 Å². The number of methoxy groups -OCH3 is 1. The van der Waals surface area contributed by atoms with Gasteiger partial charge in [0.05, 0.1) is 0 Å². The Morgan fingerprint density at radius 3 is 2.46 bits per heavy atom. The van der Waals surface area contributed by atoms with E-state index in [4.69, 9.17) is 9.47 Å². The second-order valence-corrected chi connectivity index (χ2v) is 7.61. The SMILES string of the molecule is COCCCn1c(C)cc(C(=O)COC(=O)C2(NC(C)=O)CCCCC2)c1C. The van der Waals surface area contributed by atoms with Crippen LogP contribution in [-0.2, 0) is 25.6 Å². The lowest BCUT2D eigenvalue weighted by atomic mass is 9.81. The largest absolute Gasteiger partial charge is 0.456 e. The summed E-state index contributed by atoms with van der Waals surface area (Å²) in [6, 6.07) is 1.84. The van der Waals surface area contributed by atoms with Crippen molar-refractivity contribution in [3.8, 4) is 0 Å². The molecule has 1 saturated carbocycles. The molecule has 0 spiro atoms. The number of nitrogens with one attached hydrogen (secondary N) is 1. The van der Waals surface area contributed by atoms with Crippen molar-refractivity contribution in [3.05, 3.63) is 23.0 Å². The number of amides is 1. The van der Waals surface area contributed by atoms with Gasteiger partial charge in [0.15, 0.2) is 6.61 Å². The average Bonchev–Trinajstić information content (AvgIpc) is 2.94. The number of rotatable bonds is 9. The molecule has 0 aromatic carbocycles. The van der Waals surface area contributed by atoms with Crippen molar-refractivity contribution in [1.82, 2.24) is 9.88 Å². The normalized spacial score (nSPS) is 15.9. The molecule has 0 bridgehead atoms. The smallest absolute Gasteiger partial charge is 0.332 e. The number of carbonyl (C=O) groups is 3. The highest BCUT2D eigenvalue weighted by Gasteiger charge is 2.42. The van der Waals surface area contributed by atoms with Crippen molar-refractivity contribution in [2.45, 2.75) is 71.4 Å². The van der Waals surface area contributed by atoms with Gasteiger partial charge in [-0.1, -0.05) is 19.3 Å². The van der Waals surface area contributed by atoms with Gasteiger partial charge in [-0.3, -0.25) is 9.59 Å². The van der Waals surface area contributed by atoms with Gasteiger partial charge in [-0.05, 0) is 39.2 Å². The highest BCUT2D eigenvalue weighted by atomic mass is 16.5. The molecule has 1 amide bonds. The van der Waals surface area contributed by atoms with Crippen LogP contribution in [0.2, 0.25) is 0 Å². The molecule has 1 fully saturated rings. The highest BCUT2D eigenvalue weighted by Crippen LogP contribution is 2.29. The summed E-state index contributed by atoms with van der Waals surface area (Å²) in [5, 5.41) is 2.77. The molecule has 7 nitrogen and oxygen atoms in total. The van der Waals surface area contributed by atoms with Gasteiger partial charge in [-0.25, -0.2) is 4.79 Å². The summed E-state index contributed by atoms with van der Waals surface area (Å²) >= 11 is 0. The summed E-state index contributed by atoms with van der Waals surface area (Å²) in [6.45, 7) is 6.36. The molecule has 1 heterocycles. The van der Waals surface area contributed by atoms with Gasteiger partial charge in [0, 0.05) is 44.1 Å². The Morgan fingerprint density at radius 2 is 1.86 bits per heavy atom. The van der Waals surface area contributed by atoms with Crippen LogP contribution in [-0.4, -0.2) is 48.1 Å². The molecule has 1 aromatic rings. The summed E-state index contributed by atoms with van der Waals surface area (Å²) in [5.41, 5.74) is 1.43. The Kier molecular flexibility index (Phi) is 7.80. The molecular weight excluding hydrogens is 360 g/mol. The molecule has 0 unspecified atom stereocenters. The van der Waals surface area contributed by atoms with E-state index in [0.29, 0.717) is 25.0 Å². The third-order valence-electron chi connectivity index (χ3n) is 5.45. The first kappa shape index (κ1) is 22.1. The van der Waals surface area contributed by atoms with E-state index in [0.717, 1.165) is 43.6 Å². The second kappa shape index (κ2) is 9.87. The zero-order valence-corrected chi connectivity index (χ0v) is 17.4. The van der Waals surface area contributed by atoms with E-state index >= 15 is 0 Å². The first-order chi connectivity index (χ1) is 13.3. The van der Waals surface area contributed by atoms with Gasteiger partial charge in [0.25, 0.3) is 0 Å². The Bertz CT molecular complexity index is 717. The minimum atomic E-state index is -0.999. The van der Waals surface area contributed by atoms with E-state index in [1.807, 2.05) is 19.9 Å². The van der Waals surface area contributed by atoms with Crippen LogP contribution < -0.4 is 5.32 Å². The first-order valence-corrected chi connectivity index (χ1v) is 9.95. The third kappa shape index (κ3) is 5.22. The molecule has 1 aliphatic rings. The number of hydrogen-bond acceptors (Lipinski definition) is 5. The third-order valence-corrected chi connectivity index (χ3v) is 5.45. The molecule has 2 rings (SSSR count). The Morgan fingerprint density at radius 1 is 1.18 bits per heavy atom. The molecule has 7 heteroatoms. The van der Waals surface area contributed by atoms with Gasteiger partial charge in [0.2, 0.25) is 11.7 Å². The number of esters is 1. The fraction of sp³-hybridized carbons (Fsp3) is 0.667. The quantitative estimate of drug-likeness (QED) is 0.397. The summed E-state index contributed by atoms with van der Waals surface area (Å²) in [6.07, 6.45) is 4.69. The lowest BCUT2D eigenvalue weighted by Gasteiger charge is -2.35. The monoisotopic (exact) mass is 392 g/mol. The number of hydrogen-bond donors (Lipinski definition) is 1. The number of aromatic nitrogens is 1. The molecule has 156 valence electrons. The van der Waals surface area contributed by atoms with Crippen LogP contribution in [0.5, 0.6) is 0 Å². The van der Waals surface area contributed by atoms with E-state index in [9.17, 15) is 14.4 Å². The van der Waals surface area contributed by atoms with Crippen LogP contribution in [0.1, 0.15) is 67.2 Å². The Balaban J connectivity index is 2.03. The van der Waals surface area contributed by atoms with Crippen molar-refractivity contribution in [1.29, 1.82) is 0 Å². The van der Waals surface area contributed by atoms with Crippen molar-refractivity contribution in [3.63, 3.8) is 0 Å². The van der Waals surface area contributed by atoms with Crippen molar-refractivity contribution >= 4 is 17.7 Å². The van der Waals surface area contributed by atoms with Gasteiger partial charge >= 0.3 is 5.97 Å². The maximum atomic E-state index is 12.7. The lowest BCUT2D eigenvalue weighted by molar-refractivity contribution is -0.154. The molecule has 1 aliphatic carbocycles. The van der Waals surface area contributed by atoms with Gasteiger partial charge in [-0.2, -0.15) is 0 Å². The van der Waals surface area contributed by atoms with Crippen LogP contribution in [0.25, 0.3) is 0 Å². The molecule has 0 saturated heterocycles. The standard InChI is InChI=1S/C21H32N2O5/c1-15-13-18(16(2)23(15)11-8-12-27-4)19(25)14-28-20(26)21(22-17(3)24)9-6-5-7-10-21/h13H,5-12,14H2,1-4H3,(H,22,24). The highest BCUT2D eigenvalue weighted by molar-refractivity contribution is 6.00. The topological polar surface area (TPSA) is 86.6 Å². The molecule has 1 N–H and O–H groups in total. The van der Waals surface area contributed by atoms with Gasteiger partial charge < -0.3 is 19.4 Å². The zero-order valence-electron chi connectivity index (χ0n) is 17.4. The number of carbonyl (C=O) groups excluding carboxylic acids is 3. The fourth-order valence-corrected chi connectivity index (χ4v) is 4.01. The van der Waals surface area contributed by atoms with E-state index in [1.165, 1.54) is 6.92 Å². The number of ketones is 1. The summed E-state index contributed by atoms with van der Waals surface area (Å²) in [4.78, 5) is 37.0. The predicted octanol–water partition coefficient (Wildman–Crippen LogP) is 2.71. The lowest BCUT2D eigenvalue weighted by Crippen LogP contribution is -2.56. The fourth-order valence-electron chi connectivity index (χ4n) is 4.01. The van der Waals surface area contributed by atoms with Crippen LogP contribution in [0.4, 0.5) is 0 Å². The minimum absolute atomic E-state index is 0.228. The summed E-state index contributed by atoms with van der Waals surface area (Å²) in [7, 11) is 1.67. The molecule has 0 radical (unpaired) electrons. The Labute approximate surface area is 166 Å². The maximum absolute atomic E-state index is 12.7. The number of ether oxygens (including phenoxy) is 2.